The van der Waals surface area contributed by atoms with Gasteiger partial charge < -0.3 is 20.5 Å². The van der Waals surface area contributed by atoms with Crippen molar-refractivity contribution in [2.24, 2.45) is 0 Å². The normalized spacial score (nSPS) is 10.7. The Kier molecular flexibility index (Phi) is 7.90. The van der Waals surface area contributed by atoms with Gasteiger partial charge in [-0.3, -0.25) is 0 Å². The number of hydrogen-bond acceptors (Lipinski definition) is 4. The van der Waals surface area contributed by atoms with Crippen molar-refractivity contribution in [2.75, 3.05) is 26.2 Å². The summed E-state index contributed by atoms with van der Waals surface area (Å²) in [4.78, 5) is 0. The van der Waals surface area contributed by atoms with Gasteiger partial charge in [-0.25, -0.2) is 0 Å². The lowest BCUT2D eigenvalue weighted by molar-refractivity contribution is 0.292. The Labute approximate surface area is 142 Å². The van der Waals surface area contributed by atoms with Gasteiger partial charge in [0.15, 0.2) is 0 Å². The average molecular weight is 335 g/mol. The first kappa shape index (κ1) is 17.8. The molecule has 0 aliphatic heterocycles. The van der Waals surface area contributed by atoms with Gasteiger partial charge in [0.05, 0.1) is 6.61 Å². The molecule has 0 bridgehead atoms. The number of rotatable bonds is 10. The molecule has 0 saturated carbocycles. The molecule has 0 amide bonds. The third kappa shape index (κ3) is 6.59. The quantitative estimate of drug-likeness (QED) is 0.585. The zero-order chi connectivity index (χ0) is 16.3. The van der Waals surface area contributed by atoms with E-state index in [1.165, 1.54) is 0 Å². The number of hydrogen-bond donors (Lipinski definition) is 3. The van der Waals surface area contributed by atoms with Crippen molar-refractivity contribution in [3.8, 4) is 5.75 Å². The minimum Gasteiger partial charge on any atom is -0.489 e. The number of nitrogens with one attached hydrogen (secondary N) is 2. The van der Waals surface area contributed by atoms with Crippen molar-refractivity contribution in [2.45, 2.75) is 13.2 Å². The van der Waals surface area contributed by atoms with Gasteiger partial charge in [0, 0.05) is 36.8 Å². The van der Waals surface area contributed by atoms with Crippen molar-refractivity contribution in [3.63, 3.8) is 0 Å². The molecule has 2 aromatic carbocycles. The first-order valence-electron chi connectivity index (χ1n) is 7.77. The summed E-state index contributed by atoms with van der Waals surface area (Å²) in [5.74, 6) is 0.887. The Morgan fingerprint density at radius 2 is 1.65 bits per heavy atom. The summed E-state index contributed by atoms with van der Waals surface area (Å²) in [5.41, 5.74) is 2.22. The topological polar surface area (TPSA) is 53.5 Å². The SMILES string of the molecule is OCCNCCNCc1ccccc1OCc1ccc(Cl)cc1. The highest BCUT2D eigenvalue weighted by molar-refractivity contribution is 6.30. The second kappa shape index (κ2) is 10.2. The van der Waals surface area contributed by atoms with E-state index in [0.717, 1.165) is 41.5 Å². The molecule has 2 rings (SSSR count). The highest BCUT2D eigenvalue weighted by Crippen LogP contribution is 2.19. The first-order chi connectivity index (χ1) is 11.3. The monoisotopic (exact) mass is 334 g/mol. The molecule has 5 heteroatoms. The smallest absolute Gasteiger partial charge is 0.124 e. The summed E-state index contributed by atoms with van der Waals surface area (Å²) >= 11 is 5.89. The molecule has 0 aromatic heterocycles. The van der Waals surface area contributed by atoms with Crippen LogP contribution in [0.1, 0.15) is 11.1 Å². The molecule has 0 saturated heterocycles. The van der Waals surface area contributed by atoms with Crippen molar-refractivity contribution in [1.82, 2.24) is 10.6 Å². The van der Waals surface area contributed by atoms with E-state index in [0.29, 0.717) is 13.2 Å². The van der Waals surface area contributed by atoms with Gasteiger partial charge in [-0.15, -0.1) is 0 Å². The zero-order valence-corrected chi connectivity index (χ0v) is 13.9. The number of para-hydroxylation sites is 1. The van der Waals surface area contributed by atoms with E-state index < -0.39 is 0 Å². The van der Waals surface area contributed by atoms with E-state index in [9.17, 15) is 0 Å². The van der Waals surface area contributed by atoms with Crippen LogP contribution in [0.15, 0.2) is 48.5 Å². The maximum atomic E-state index is 8.70. The summed E-state index contributed by atoms with van der Waals surface area (Å²) < 4.78 is 5.93. The second-order valence-electron chi connectivity index (χ2n) is 5.17. The standard InChI is InChI=1S/C18H23ClN2O2/c19-17-7-5-15(6-8-17)14-23-18-4-2-1-3-16(18)13-21-10-9-20-11-12-22/h1-8,20-22H,9-14H2. The third-order valence-corrected chi connectivity index (χ3v) is 3.61. The maximum absolute atomic E-state index is 8.70. The lowest BCUT2D eigenvalue weighted by atomic mass is 10.2. The minimum absolute atomic E-state index is 0.168. The molecule has 0 fully saturated rings. The number of benzene rings is 2. The minimum atomic E-state index is 0.168. The molecule has 124 valence electrons. The highest BCUT2D eigenvalue weighted by Gasteiger charge is 2.03. The van der Waals surface area contributed by atoms with Crippen LogP contribution in [0.4, 0.5) is 0 Å². The molecular weight excluding hydrogens is 312 g/mol. The number of ether oxygens (including phenoxy) is 1. The van der Waals surface area contributed by atoms with Crippen LogP contribution < -0.4 is 15.4 Å². The summed E-state index contributed by atoms with van der Waals surface area (Å²) in [5, 5.41) is 15.9. The van der Waals surface area contributed by atoms with E-state index in [2.05, 4.69) is 16.7 Å². The van der Waals surface area contributed by atoms with Gasteiger partial charge in [-0.2, -0.15) is 0 Å². The summed E-state index contributed by atoms with van der Waals surface area (Å²) in [6, 6.07) is 15.7. The van der Waals surface area contributed by atoms with Gasteiger partial charge in [-0.1, -0.05) is 41.9 Å². The number of aliphatic hydroxyl groups excluding tert-OH is 1. The van der Waals surface area contributed by atoms with Crippen LogP contribution in [0.2, 0.25) is 5.02 Å². The van der Waals surface area contributed by atoms with E-state index >= 15 is 0 Å². The molecule has 4 nitrogen and oxygen atoms in total. The van der Waals surface area contributed by atoms with E-state index in [4.69, 9.17) is 21.4 Å². The Balaban J connectivity index is 1.81. The Morgan fingerprint density at radius 3 is 2.43 bits per heavy atom. The molecule has 0 aliphatic carbocycles. The maximum Gasteiger partial charge on any atom is 0.124 e. The predicted octanol–water partition coefficient (Wildman–Crippen LogP) is 2.59. The van der Waals surface area contributed by atoms with Crippen LogP contribution >= 0.6 is 11.6 Å². The number of halogens is 1. The second-order valence-corrected chi connectivity index (χ2v) is 5.61. The molecule has 2 aromatic rings. The van der Waals surface area contributed by atoms with Crippen LogP contribution in [0, 0.1) is 0 Å². The van der Waals surface area contributed by atoms with Gasteiger partial charge in [0.2, 0.25) is 0 Å². The lowest BCUT2D eigenvalue weighted by Crippen LogP contribution is -2.28. The summed E-state index contributed by atoms with van der Waals surface area (Å²) in [6.07, 6.45) is 0. The van der Waals surface area contributed by atoms with E-state index in [1.807, 2.05) is 42.5 Å². The molecule has 0 unspecified atom stereocenters. The molecule has 0 spiro atoms. The molecular formula is C18H23ClN2O2. The van der Waals surface area contributed by atoms with Crippen molar-refractivity contribution < 1.29 is 9.84 Å². The van der Waals surface area contributed by atoms with E-state index in [1.54, 1.807) is 0 Å². The Morgan fingerprint density at radius 1 is 0.913 bits per heavy atom. The van der Waals surface area contributed by atoms with Crippen LogP contribution in [0.3, 0.4) is 0 Å². The first-order valence-corrected chi connectivity index (χ1v) is 8.15. The molecule has 3 N–H and O–H groups in total. The fraction of sp³-hybridized carbons (Fsp3) is 0.333. The predicted molar refractivity (Wildman–Crippen MR) is 93.9 cm³/mol. The largest absolute Gasteiger partial charge is 0.489 e. The zero-order valence-electron chi connectivity index (χ0n) is 13.1. The Bertz CT molecular complexity index is 575. The van der Waals surface area contributed by atoms with Crippen molar-refractivity contribution in [3.05, 3.63) is 64.7 Å². The fourth-order valence-corrected chi connectivity index (χ4v) is 2.26. The van der Waals surface area contributed by atoms with Gasteiger partial charge in [-0.05, 0) is 23.8 Å². The summed E-state index contributed by atoms with van der Waals surface area (Å²) in [7, 11) is 0. The Hall–Kier alpha value is -1.59. The van der Waals surface area contributed by atoms with Gasteiger partial charge in [0.25, 0.3) is 0 Å². The molecule has 23 heavy (non-hydrogen) atoms. The molecule has 0 aliphatic rings. The van der Waals surface area contributed by atoms with Crippen LogP contribution in [0.25, 0.3) is 0 Å². The van der Waals surface area contributed by atoms with Crippen LogP contribution in [-0.2, 0) is 13.2 Å². The lowest BCUT2D eigenvalue weighted by Gasteiger charge is -2.12. The van der Waals surface area contributed by atoms with Crippen LogP contribution in [0.5, 0.6) is 5.75 Å². The van der Waals surface area contributed by atoms with Crippen LogP contribution in [-0.4, -0.2) is 31.3 Å². The number of aliphatic hydroxyl groups is 1. The van der Waals surface area contributed by atoms with E-state index in [-0.39, 0.29) is 6.61 Å². The van der Waals surface area contributed by atoms with Gasteiger partial charge in [0.1, 0.15) is 12.4 Å². The van der Waals surface area contributed by atoms with Crippen molar-refractivity contribution in [1.29, 1.82) is 0 Å². The molecule has 0 atom stereocenters. The van der Waals surface area contributed by atoms with Crippen molar-refractivity contribution >= 4 is 11.6 Å². The third-order valence-electron chi connectivity index (χ3n) is 3.36. The fourth-order valence-electron chi connectivity index (χ4n) is 2.14. The average Bonchev–Trinajstić information content (AvgIpc) is 2.58. The molecule has 0 heterocycles. The molecule has 0 radical (unpaired) electrons. The van der Waals surface area contributed by atoms with Gasteiger partial charge >= 0.3 is 0 Å². The summed E-state index contributed by atoms with van der Waals surface area (Å²) in [6.45, 7) is 3.73. The highest BCUT2D eigenvalue weighted by atomic mass is 35.5.